The molecule has 2 rings (SSSR count). The molecule has 1 N–H and O–H groups in total. The van der Waals surface area contributed by atoms with Crippen LogP contribution in [0.25, 0.3) is 0 Å². The molecule has 2 aromatic carbocycles. The van der Waals surface area contributed by atoms with Crippen LogP contribution in [-0.4, -0.2) is 23.3 Å². The molecule has 2 aromatic rings. The summed E-state index contributed by atoms with van der Waals surface area (Å²) in [6.45, 7) is 2.24. The molecular weight excluding hydrogens is 327 g/mol. The minimum Gasteiger partial charge on any atom is -0.419 e. The van der Waals surface area contributed by atoms with Crippen molar-refractivity contribution in [3.8, 4) is 5.75 Å². The lowest BCUT2D eigenvalue weighted by atomic mass is 10.1. The van der Waals surface area contributed by atoms with Gasteiger partial charge in [0.15, 0.2) is 0 Å². The van der Waals surface area contributed by atoms with Gasteiger partial charge in [-0.3, -0.25) is 14.9 Å². The van der Waals surface area contributed by atoms with Crippen molar-refractivity contribution < 1.29 is 19.2 Å². The second-order valence-corrected chi connectivity index (χ2v) is 5.32. The highest BCUT2D eigenvalue weighted by molar-refractivity contribution is 6.33. The Morgan fingerprint density at radius 1 is 1.04 bits per heavy atom. The SMILES string of the molecule is CCc1ccc(O[13C](=O)[13C](=O)[15NH]CCc2ccc([N+](=O)[O-])cc2)cc1. The van der Waals surface area contributed by atoms with Gasteiger partial charge in [0.25, 0.3) is 5.69 Å². The molecule has 0 aliphatic carbocycles. The summed E-state index contributed by atoms with van der Waals surface area (Å²) < 4.78 is 4.99. The van der Waals surface area contributed by atoms with Gasteiger partial charge in [0.05, 0.1) is 4.92 Å². The molecule has 7 heteroatoms. The number of non-ortho nitro benzene ring substituents is 1. The molecule has 0 radical (unpaired) electrons. The van der Waals surface area contributed by atoms with Crippen molar-refractivity contribution in [1.29, 1.82) is 0 Å². The van der Waals surface area contributed by atoms with Crippen LogP contribution in [0.2, 0.25) is 0 Å². The third kappa shape index (κ3) is 5.42. The molecule has 0 atom stereocenters. The van der Waals surface area contributed by atoms with Crippen LogP contribution in [0, 0.1) is 10.1 Å². The number of hydrogen-bond acceptors (Lipinski definition) is 5. The Morgan fingerprint density at radius 2 is 1.64 bits per heavy atom. The number of amides is 1. The van der Waals surface area contributed by atoms with Crippen LogP contribution in [0.3, 0.4) is 0 Å². The standard InChI is InChI=1S/C18H18N2O5/c1-2-13-5-9-16(10-6-13)25-18(22)17(21)19-12-11-14-3-7-15(8-4-14)20(23)24/h3-10H,2,11-12H2,1H3,(H,19,21)/i17+1,18+1,19+1. The Balaban J connectivity index is 1.78. The van der Waals surface area contributed by atoms with Gasteiger partial charge in [-0.15, -0.1) is 0 Å². The molecule has 0 aliphatic heterocycles. The summed E-state index contributed by atoms with van der Waals surface area (Å²) >= 11 is 0. The van der Waals surface area contributed by atoms with E-state index in [2.05, 4.69) is 5.32 Å². The average Bonchev–Trinajstić information content (AvgIpc) is 2.62. The fourth-order valence-electron chi connectivity index (χ4n) is 2.12. The second-order valence-electron chi connectivity index (χ2n) is 5.32. The van der Waals surface area contributed by atoms with Crippen molar-refractivity contribution in [2.75, 3.05) is 6.54 Å². The minimum atomic E-state index is -0.979. The van der Waals surface area contributed by atoms with Crippen LogP contribution >= 0.6 is 0 Å². The molecule has 0 saturated carbocycles. The summed E-state index contributed by atoms with van der Waals surface area (Å²) in [5, 5.41) is 13.0. The Bertz CT molecular complexity index is 754. The van der Waals surface area contributed by atoms with Gasteiger partial charge in [-0.05, 0) is 36.1 Å². The zero-order valence-corrected chi connectivity index (χ0v) is 13.7. The van der Waals surface area contributed by atoms with Crippen LogP contribution in [-0.2, 0) is 22.4 Å². The topological polar surface area (TPSA) is 98.5 Å². The van der Waals surface area contributed by atoms with E-state index in [4.69, 9.17) is 4.74 Å². The fraction of sp³-hybridized carbons (Fsp3) is 0.222. The summed E-state index contributed by atoms with van der Waals surface area (Å²) in [5.41, 5.74) is 1.92. The molecule has 130 valence electrons. The molecule has 0 saturated heterocycles. The Morgan fingerprint density at radius 3 is 2.20 bits per heavy atom. The second kappa shape index (κ2) is 8.58. The Labute approximate surface area is 144 Å². The first-order valence-electron chi connectivity index (χ1n) is 7.82. The summed E-state index contributed by atoms with van der Waals surface area (Å²) in [7, 11) is 0. The quantitative estimate of drug-likeness (QED) is 0.165. The number of carbonyl (C=O) groups is 2. The molecule has 0 unspecified atom stereocenters. The lowest BCUT2D eigenvalue weighted by Gasteiger charge is -2.06. The maximum atomic E-state index is 11.7. The van der Waals surface area contributed by atoms with Gasteiger partial charge in [0.2, 0.25) is 0 Å². The number of hydrogen-bond donors (Lipinski definition) is 1. The van der Waals surface area contributed by atoms with Gasteiger partial charge in [0.1, 0.15) is 5.75 Å². The molecule has 0 heterocycles. The minimum absolute atomic E-state index is 0.00505. The molecule has 0 aromatic heterocycles. The number of carbonyl (C=O) groups excluding carboxylic acids is 2. The van der Waals surface area contributed by atoms with Crippen molar-refractivity contribution in [2.24, 2.45) is 0 Å². The van der Waals surface area contributed by atoms with Gasteiger partial charge < -0.3 is 10.1 Å². The average molecular weight is 345 g/mol. The number of nitro benzene ring substituents is 1. The summed E-state index contributed by atoms with van der Waals surface area (Å²) in [5.74, 6) is -1.50. The predicted molar refractivity (Wildman–Crippen MR) is 91.3 cm³/mol. The molecule has 25 heavy (non-hydrogen) atoms. The number of nitro groups is 1. The third-order valence-electron chi connectivity index (χ3n) is 3.57. The highest BCUT2D eigenvalue weighted by Gasteiger charge is 2.15. The first-order chi connectivity index (χ1) is 12.0. The first kappa shape index (κ1) is 18.1. The van der Waals surface area contributed by atoms with Gasteiger partial charge in [-0.25, -0.2) is 4.79 Å². The summed E-state index contributed by atoms with van der Waals surface area (Å²) in [6, 6.07) is 12.9. The van der Waals surface area contributed by atoms with Crippen LogP contribution in [0.1, 0.15) is 18.1 Å². The van der Waals surface area contributed by atoms with E-state index >= 15 is 0 Å². The molecular formula is C18H18N2O5. The van der Waals surface area contributed by atoms with E-state index in [1.165, 1.54) is 12.1 Å². The van der Waals surface area contributed by atoms with Crippen LogP contribution in [0.15, 0.2) is 48.5 Å². The van der Waals surface area contributed by atoms with E-state index < -0.39 is 16.8 Å². The fourth-order valence-corrected chi connectivity index (χ4v) is 2.12. The molecule has 0 fully saturated rings. The number of nitrogens with one attached hydrogen (secondary N) is 1. The van der Waals surface area contributed by atoms with E-state index in [-0.39, 0.29) is 12.2 Å². The third-order valence-corrected chi connectivity index (χ3v) is 3.57. The zero-order chi connectivity index (χ0) is 18.2. The molecule has 0 spiro atoms. The summed E-state index contributed by atoms with van der Waals surface area (Å²) in [6.07, 6.45) is 1.32. The Kier molecular flexibility index (Phi) is 6.22. The van der Waals surface area contributed by atoms with Crippen molar-refractivity contribution in [2.45, 2.75) is 19.8 Å². The highest BCUT2D eigenvalue weighted by atomic mass is 16.6. The van der Waals surface area contributed by atoms with Crippen molar-refractivity contribution in [1.82, 2.24) is 5.32 Å². The number of rotatable bonds is 6. The molecule has 7 nitrogen and oxygen atoms in total. The van der Waals surface area contributed by atoms with Gasteiger partial charge in [-0.1, -0.05) is 31.2 Å². The van der Waals surface area contributed by atoms with Gasteiger partial charge in [-0.2, -0.15) is 0 Å². The monoisotopic (exact) mass is 345 g/mol. The van der Waals surface area contributed by atoms with Crippen molar-refractivity contribution in [3.05, 3.63) is 69.8 Å². The maximum Gasteiger partial charge on any atom is 0.402 e. The zero-order valence-electron chi connectivity index (χ0n) is 13.7. The van der Waals surface area contributed by atoms with Crippen molar-refractivity contribution in [3.63, 3.8) is 0 Å². The number of esters is 1. The van der Waals surface area contributed by atoms with E-state index in [9.17, 15) is 19.7 Å². The normalized spacial score (nSPS) is 10.1. The van der Waals surface area contributed by atoms with Crippen LogP contribution < -0.4 is 10.1 Å². The van der Waals surface area contributed by atoms with E-state index in [1.54, 1.807) is 24.3 Å². The largest absolute Gasteiger partial charge is 0.419 e. The number of aryl methyl sites for hydroxylation is 1. The van der Waals surface area contributed by atoms with Gasteiger partial charge in [0, 0.05) is 18.7 Å². The van der Waals surface area contributed by atoms with E-state index in [0.29, 0.717) is 12.2 Å². The molecule has 1 amide bonds. The smallest absolute Gasteiger partial charge is 0.402 e. The number of nitrogens with zero attached hydrogens (tertiary/aromatic N) is 1. The highest BCUT2D eigenvalue weighted by Crippen LogP contribution is 2.13. The molecule has 0 bridgehead atoms. The lowest BCUT2D eigenvalue weighted by Crippen LogP contribution is -2.35. The van der Waals surface area contributed by atoms with Crippen LogP contribution in [0.5, 0.6) is 5.75 Å². The van der Waals surface area contributed by atoms with E-state index in [0.717, 1.165) is 17.5 Å². The predicted octanol–water partition coefficient (Wildman–Crippen LogP) is 2.42. The van der Waals surface area contributed by atoms with E-state index in [1.807, 2.05) is 19.1 Å². The van der Waals surface area contributed by atoms with Crippen LogP contribution in [0.4, 0.5) is 5.69 Å². The molecule has 0 aliphatic rings. The first-order valence-corrected chi connectivity index (χ1v) is 7.82. The lowest BCUT2D eigenvalue weighted by molar-refractivity contribution is -0.384. The summed E-state index contributed by atoms with van der Waals surface area (Å²) in [4.78, 5) is 33.5. The van der Waals surface area contributed by atoms with Gasteiger partial charge >= 0.3 is 11.9 Å². The van der Waals surface area contributed by atoms with Crippen molar-refractivity contribution >= 4 is 17.6 Å². The number of ether oxygens (including phenoxy) is 1. The Hall–Kier alpha value is -3.22. The maximum absolute atomic E-state index is 11.7. The number of benzene rings is 2.